The average molecular weight is 309 g/mol. The first-order valence-corrected chi connectivity index (χ1v) is 7.95. The average Bonchev–Trinajstić information content (AvgIpc) is 2.71. The van der Waals surface area contributed by atoms with Gasteiger partial charge in [0.25, 0.3) is 0 Å². The van der Waals surface area contributed by atoms with Gasteiger partial charge in [-0.25, -0.2) is 0 Å². The fourth-order valence-electron chi connectivity index (χ4n) is 2.52. The van der Waals surface area contributed by atoms with Gasteiger partial charge in [0.2, 0.25) is 0 Å². The first-order chi connectivity index (χ1) is 9.97. The van der Waals surface area contributed by atoms with Crippen molar-refractivity contribution in [2.45, 2.75) is 39.8 Å². The van der Waals surface area contributed by atoms with E-state index in [1.807, 2.05) is 19.1 Å². The number of halogens is 1. The van der Waals surface area contributed by atoms with Crippen molar-refractivity contribution in [1.82, 2.24) is 4.57 Å². The van der Waals surface area contributed by atoms with Crippen LogP contribution >= 0.6 is 11.6 Å². The van der Waals surface area contributed by atoms with Crippen molar-refractivity contribution in [1.29, 1.82) is 0 Å². The van der Waals surface area contributed by atoms with E-state index in [0.717, 1.165) is 30.1 Å². The number of rotatable bonds is 7. The van der Waals surface area contributed by atoms with Gasteiger partial charge in [-0.3, -0.25) is 0 Å². The Morgan fingerprint density at radius 2 is 2.05 bits per heavy atom. The zero-order valence-corrected chi connectivity index (χ0v) is 13.9. The molecule has 0 amide bonds. The quantitative estimate of drug-likeness (QED) is 0.789. The largest absolute Gasteiger partial charge is 0.379 e. The van der Waals surface area contributed by atoms with Gasteiger partial charge in [0, 0.05) is 41.3 Å². The summed E-state index contributed by atoms with van der Waals surface area (Å²) >= 11 is 6.14. The molecule has 116 valence electrons. The topological polar surface area (TPSA) is 40.2 Å². The van der Waals surface area contributed by atoms with E-state index >= 15 is 0 Å². The number of aromatic nitrogens is 1. The van der Waals surface area contributed by atoms with E-state index in [9.17, 15) is 0 Å². The van der Waals surface area contributed by atoms with Crippen LogP contribution in [0.3, 0.4) is 0 Å². The van der Waals surface area contributed by atoms with Gasteiger partial charge in [0.1, 0.15) is 0 Å². The highest BCUT2D eigenvalue weighted by Gasteiger charge is 2.10. The predicted octanol–water partition coefficient (Wildman–Crippen LogP) is 3.86. The molecule has 1 atom stereocenters. The summed E-state index contributed by atoms with van der Waals surface area (Å²) in [5, 5.41) is 2.00. The number of nitrogens with two attached hydrogens (primary N) is 1. The van der Waals surface area contributed by atoms with Crippen molar-refractivity contribution in [2.75, 3.05) is 13.2 Å². The maximum Gasteiger partial charge on any atom is 0.0645 e. The summed E-state index contributed by atoms with van der Waals surface area (Å²) in [5.41, 5.74) is 8.39. The molecule has 1 aromatic heterocycles. The minimum Gasteiger partial charge on any atom is -0.379 e. The van der Waals surface area contributed by atoms with E-state index in [0.29, 0.717) is 12.5 Å². The highest BCUT2D eigenvalue weighted by Crippen LogP contribution is 2.25. The Balaban J connectivity index is 2.19. The van der Waals surface area contributed by atoms with Crippen LogP contribution < -0.4 is 5.73 Å². The fraction of sp³-hybridized carbons (Fsp3) is 0.529. The maximum absolute atomic E-state index is 6.14. The number of hydrogen-bond acceptors (Lipinski definition) is 2. The molecule has 0 saturated carbocycles. The first kappa shape index (κ1) is 16.3. The summed E-state index contributed by atoms with van der Waals surface area (Å²) in [5.74, 6) is 0.564. The first-order valence-electron chi connectivity index (χ1n) is 7.58. The Kier molecular flexibility index (Phi) is 5.68. The minimum absolute atomic E-state index is 0.150. The molecule has 0 bridgehead atoms. The number of benzene rings is 1. The smallest absolute Gasteiger partial charge is 0.0645 e. The lowest BCUT2D eigenvalue weighted by atomic mass is 10.1. The SMILES string of the molecule is CC(C)COCCn1cc(CC(C)N)c2ccc(Cl)cc21. The summed E-state index contributed by atoms with van der Waals surface area (Å²) in [7, 11) is 0. The van der Waals surface area contributed by atoms with E-state index in [-0.39, 0.29) is 6.04 Å². The zero-order chi connectivity index (χ0) is 15.4. The summed E-state index contributed by atoms with van der Waals surface area (Å²) < 4.78 is 7.91. The molecule has 0 radical (unpaired) electrons. The Bertz CT molecular complexity index is 590. The highest BCUT2D eigenvalue weighted by molar-refractivity contribution is 6.31. The van der Waals surface area contributed by atoms with E-state index in [2.05, 4.69) is 30.7 Å². The van der Waals surface area contributed by atoms with Crippen molar-refractivity contribution < 1.29 is 4.74 Å². The van der Waals surface area contributed by atoms with Crippen molar-refractivity contribution in [3.8, 4) is 0 Å². The standard InChI is InChI=1S/C17H25ClN2O/c1-12(2)11-21-7-6-20-10-14(8-13(3)19)16-5-4-15(18)9-17(16)20/h4-5,9-10,12-13H,6-8,11,19H2,1-3H3. The minimum atomic E-state index is 0.150. The van der Waals surface area contributed by atoms with Gasteiger partial charge in [-0.05, 0) is 37.0 Å². The number of nitrogens with zero attached hydrogens (tertiary/aromatic N) is 1. The molecular weight excluding hydrogens is 284 g/mol. The summed E-state index contributed by atoms with van der Waals surface area (Å²) in [6.07, 6.45) is 3.06. The second-order valence-electron chi connectivity index (χ2n) is 6.16. The molecule has 0 aliphatic rings. The van der Waals surface area contributed by atoms with E-state index in [1.165, 1.54) is 10.9 Å². The van der Waals surface area contributed by atoms with Crippen LogP contribution in [0, 0.1) is 5.92 Å². The molecule has 0 aliphatic carbocycles. The number of hydrogen-bond donors (Lipinski definition) is 1. The van der Waals surface area contributed by atoms with E-state index in [1.54, 1.807) is 0 Å². The van der Waals surface area contributed by atoms with Crippen molar-refractivity contribution in [3.63, 3.8) is 0 Å². The van der Waals surface area contributed by atoms with Gasteiger partial charge in [0.15, 0.2) is 0 Å². The molecule has 3 nitrogen and oxygen atoms in total. The van der Waals surface area contributed by atoms with Gasteiger partial charge in [-0.1, -0.05) is 31.5 Å². The van der Waals surface area contributed by atoms with Gasteiger partial charge in [-0.2, -0.15) is 0 Å². The third-order valence-electron chi connectivity index (χ3n) is 3.40. The van der Waals surface area contributed by atoms with Gasteiger partial charge in [-0.15, -0.1) is 0 Å². The Morgan fingerprint density at radius 3 is 2.71 bits per heavy atom. The Morgan fingerprint density at radius 1 is 1.29 bits per heavy atom. The van der Waals surface area contributed by atoms with Crippen LogP contribution in [0.5, 0.6) is 0 Å². The molecule has 1 aromatic carbocycles. The molecule has 0 saturated heterocycles. The molecule has 4 heteroatoms. The Hall–Kier alpha value is -1.03. The number of fused-ring (bicyclic) bond motifs is 1. The van der Waals surface area contributed by atoms with Crippen molar-refractivity contribution in [3.05, 3.63) is 35.0 Å². The molecule has 1 heterocycles. The lowest BCUT2D eigenvalue weighted by molar-refractivity contribution is 0.104. The van der Waals surface area contributed by atoms with Gasteiger partial charge >= 0.3 is 0 Å². The fourth-order valence-corrected chi connectivity index (χ4v) is 2.68. The highest BCUT2D eigenvalue weighted by atomic mass is 35.5. The van der Waals surface area contributed by atoms with Crippen LogP contribution in [0.1, 0.15) is 26.3 Å². The van der Waals surface area contributed by atoms with Gasteiger partial charge in [0.05, 0.1) is 6.61 Å². The third-order valence-corrected chi connectivity index (χ3v) is 3.63. The van der Waals surface area contributed by atoms with Crippen LogP contribution in [0.25, 0.3) is 10.9 Å². The lowest BCUT2D eigenvalue weighted by Gasteiger charge is -2.08. The lowest BCUT2D eigenvalue weighted by Crippen LogP contribution is -2.17. The molecule has 2 rings (SSSR count). The second-order valence-corrected chi connectivity index (χ2v) is 6.60. The molecule has 21 heavy (non-hydrogen) atoms. The summed E-state index contributed by atoms with van der Waals surface area (Å²) in [4.78, 5) is 0. The van der Waals surface area contributed by atoms with Gasteiger partial charge < -0.3 is 15.0 Å². The third kappa shape index (κ3) is 4.47. The van der Waals surface area contributed by atoms with Crippen LogP contribution in [0.4, 0.5) is 0 Å². The molecular formula is C17H25ClN2O. The van der Waals surface area contributed by atoms with Crippen LogP contribution in [-0.2, 0) is 17.7 Å². The monoisotopic (exact) mass is 308 g/mol. The predicted molar refractivity (Wildman–Crippen MR) is 90.0 cm³/mol. The zero-order valence-electron chi connectivity index (χ0n) is 13.1. The second kappa shape index (κ2) is 7.30. The van der Waals surface area contributed by atoms with Crippen molar-refractivity contribution >= 4 is 22.5 Å². The Labute approximate surface area is 132 Å². The maximum atomic E-state index is 6.14. The molecule has 2 N–H and O–H groups in total. The molecule has 0 aliphatic heterocycles. The van der Waals surface area contributed by atoms with Crippen molar-refractivity contribution in [2.24, 2.45) is 11.7 Å². The molecule has 1 unspecified atom stereocenters. The molecule has 0 fully saturated rings. The summed E-state index contributed by atoms with van der Waals surface area (Å²) in [6, 6.07) is 6.19. The summed E-state index contributed by atoms with van der Waals surface area (Å²) in [6.45, 7) is 8.70. The van der Waals surface area contributed by atoms with E-state index in [4.69, 9.17) is 22.1 Å². The van der Waals surface area contributed by atoms with Crippen LogP contribution in [0.15, 0.2) is 24.4 Å². The number of ether oxygens (including phenoxy) is 1. The van der Waals surface area contributed by atoms with Crippen LogP contribution in [0.2, 0.25) is 5.02 Å². The molecule has 0 spiro atoms. The normalized spacial score (nSPS) is 13.2. The van der Waals surface area contributed by atoms with Crippen LogP contribution in [-0.4, -0.2) is 23.8 Å². The molecule has 2 aromatic rings. The van der Waals surface area contributed by atoms with E-state index < -0.39 is 0 Å².